The van der Waals surface area contributed by atoms with E-state index in [0.717, 1.165) is 29.7 Å². The molecule has 0 nitrogen and oxygen atoms in total. The molecule has 0 N–H and O–H groups in total. The van der Waals surface area contributed by atoms with Crippen LogP contribution in [0.15, 0.2) is 30.3 Å². The maximum absolute atomic E-state index is 13.4. The van der Waals surface area contributed by atoms with Crippen LogP contribution in [0.1, 0.15) is 70.3 Å². The van der Waals surface area contributed by atoms with Crippen LogP contribution in [0.2, 0.25) is 0 Å². The molecule has 2 aliphatic carbocycles. The molecule has 0 amide bonds. The first-order valence-corrected chi connectivity index (χ1v) is 9.21. The van der Waals surface area contributed by atoms with Crippen molar-refractivity contribution in [2.45, 2.75) is 64.7 Å². The molecular formula is C21H29F. The zero-order valence-corrected chi connectivity index (χ0v) is 13.9. The van der Waals surface area contributed by atoms with Crippen LogP contribution in [-0.4, -0.2) is 0 Å². The Kier molecular flexibility index (Phi) is 5.33. The topological polar surface area (TPSA) is 0 Å². The van der Waals surface area contributed by atoms with Gasteiger partial charge in [-0.2, -0.15) is 0 Å². The Labute approximate surface area is 134 Å². The van der Waals surface area contributed by atoms with Gasteiger partial charge in [0.05, 0.1) is 0 Å². The molecular weight excluding hydrogens is 271 g/mol. The van der Waals surface area contributed by atoms with Gasteiger partial charge in [-0.15, -0.1) is 0 Å². The Balaban J connectivity index is 1.55. The zero-order chi connectivity index (χ0) is 15.4. The fourth-order valence-corrected chi connectivity index (χ4v) is 4.59. The van der Waals surface area contributed by atoms with E-state index in [1.54, 1.807) is 6.07 Å². The number of rotatable bonds is 4. The maximum Gasteiger partial charge on any atom is 0.123 e. The Morgan fingerprint density at radius 3 is 2.50 bits per heavy atom. The summed E-state index contributed by atoms with van der Waals surface area (Å²) in [7, 11) is 0. The van der Waals surface area contributed by atoms with Crippen LogP contribution >= 0.6 is 0 Å². The molecule has 1 aromatic rings. The highest BCUT2D eigenvalue weighted by atomic mass is 19.1. The van der Waals surface area contributed by atoms with Crippen LogP contribution in [0.25, 0.3) is 5.57 Å². The highest BCUT2D eigenvalue weighted by Crippen LogP contribution is 2.42. The third-order valence-electron chi connectivity index (χ3n) is 5.90. The summed E-state index contributed by atoms with van der Waals surface area (Å²) in [5, 5.41) is 0. The minimum absolute atomic E-state index is 0.116. The van der Waals surface area contributed by atoms with Crippen molar-refractivity contribution in [1.82, 2.24) is 0 Å². The van der Waals surface area contributed by atoms with Crippen molar-refractivity contribution in [2.24, 2.45) is 17.8 Å². The van der Waals surface area contributed by atoms with Crippen molar-refractivity contribution >= 4 is 5.57 Å². The summed E-state index contributed by atoms with van der Waals surface area (Å²) in [5.74, 6) is 2.70. The fraction of sp³-hybridized carbons (Fsp3) is 0.619. The van der Waals surface area contributed by atoms with Crippen LogP contribution in [0, 0.1) is 23.6 Å². The quantitative estimate of drug-likeness (QED) is 0.586. The lowest BCUT2D eigenvalue weighted by molar-refractivity contribution is 0.189. The van der Waals surface area contributed by atoms with Crippen LogP contribution in [0.4, 0.5) is 4.39 Å². The van der Waals surface area contributed by atoms with E-state index in [9.17, 15) is 4.39 Å². The van der Waals surface area contributed by atoms with E-state index in [4.69, 9.17) is 0 Å². The van der Waals surface area contributed by atoms with Gasteiger partial charge in [-0.1, -0.05) is 50.8 Å². The van der Waals surface area contributed by atoms with Gasteiger partial charge in [0.1, 0.15) is 5.82 Å². The van der Waals surface area contributed by atoms with Gasteiger partial charge in [-0.3, -0.25) is 0 Å². The number of hydrogen-bond acceptors (Lipinski definition) is 0. The molecule has 0 aromatic heterocycles. The van der Waals surface area contributed by atoms with E-state index in [0.29, 0.717) is 0 Å². The average Bonchev–Trinajstić information content (AvgIpc) is 2.56. The summed E-state index contributed by atoms with van der Waals surface area (Å²) >= 11 is 0. The van der Waals surface area contributed by atoms with E-state index in [2.05, 4.69) is 13.0 Å². The van der Waals surface area contributed by atoms with E-state index in [1.165, 1.54) is 63.0 Å². The molecule has 2 aliphatic rings. The lowest BCUT2D eigenvalue weighted by Gasteiger charge is -2.35. The first kappa shape index (κ1) is 15.8. The molecule has 0 aliphatic heterocycles. The molecule has 1 unspecified atom stereocenters. The molecule has 0 heterocycles. The van der Waals surface area contributed by atoms with Crippen LogP contribution in [0.3, 0.4) is 0 Å². The maximum atomic E-state index is 13.4. The smallest absolute Gasteiger partial charge is 0.123 e. The largest absolute Gasteiger partial charge is 0.207 e. The lowest BCUT2D eigenvalue weighted by atomic mass is 9.70. The predicted molar refractivity (Wildman–Crippen MR) is 92.1 cm³/mol. The van der Waals surface area contributed by atoms with Gasteiger partial charge in [-0.25, -0.2) is 4.39 Å². The third kappa shape index (κ3) is 3.80. The molecule has 0 radical (unpaired) electrons. The van der Waals surface area contributed by atoms with Crippen molar-refractivity contribution < 1.29 is 4.39 Å². The Hall–Kier alpha value is -1.11. The summed E-state index contributed by atoms with van der Waals surface area (Å²) in [6, 6.07) is 7.09. The molecule has 1 aromatic carbocycles. The van der Waals surface area contributed by atoms with Crippen LogP contribution < -0.4 is 0 Å². The molecule has 1 heteroatoms. The SMILES string of the molecule is CCC[C@H]1CC[C@H](C2CC=C(c3cccc(F)c3)CC2)CC1. The van der Waals surface area contributed by atoms with Gasteiger partial charge in [-0.05, 0) is 73.1 Å². The van der Waals surface area contributed by atoms with E-state index in [1.807, 2.05) is 12.1 Å². The average molecular weight is 300 g/mol. The monoisotopic (exact) mass is 300 g/mol. The van der Waals surface area contributed by atoms with Crippen molar-refractivity contribution in [2.75, 3.05) is 0 Å². The Morgan fingerprint density at radius 1 is 1.05 bits per heavy atom. The van der Waals surface area contributed by atoms with Gasteiger partial charge >= 0.3 is 0 Å². The first-order valence-electron chi connectivity index (χ1n) is 9.21. The van der Waals surface area contributed by atoms with Crippen molar-refractivity contribution in [3.8, 4) is 0 Å². The number of benzene rings is 1. The predicted octanol–water partition coefficient (Wildman–Crippen LogP) is 6.62. The van der Waals surface area contributed by atoms with Crippen molar-refractivity contribution in [3.05, 3.63) is 41.7 Å². The molecule has 22 heavy (non-hydrogen) atoms. The van der Waals surface area contributed by atoms with Gasteiger partial charge < -0.3 is 0 Å². The number of halogens is 1. The van der Waals surface area contributed by atoms with Gasteiger partial charge in [0, 0.05) is 0 Å². The Bertz CT molecular complexity index is 508. The summed E-state index contributed by atoms with van der Waals surface area (Å²) in [4.78, 5) is 0. The molecule has 0 spiro atoms. The van der Waals surface area contributed by atoms with Gasteiger partial charge in [0.25, 0.3) is 0 Å². The summed E-state index contributed by atoms with van der Waals surface area (Å²) in [6.45, 7) is 2.31. The van der Waals surface area contributed by atoms with Gasteiger partial charge in [0.2, 0.25) is 0 Å². The molecule has 120 valence electrons. The van der Waals surface area contributed by atoms with Gasteiger partial charge in [0.15, 0.2) is 0 Å². The number of allylic oxidation sites excluding steroid dienone is 2. The molecule has 3 rings (SSSR count). The van der Waals surface area contributed by atoms with E-state index in [-0.39, 0.29) is 5.82 Å². The molecule has 0 saturated heterocycles. The minimum atomic E-state index is -0.116. The molecule has 1 saturated carbocycles. The van der Waals surface area contributed by atoms with Crippen LogP contribution in [-0.2, 0) is 0 Å². The van der Waals surface area contributed by atoms with Crippen molar-refractivity contribution in [1.29, 1.82) is 0 Å². The second-order valence-corrected chi connectivity index (χ2v) is 7.34. The molecule has 1 fully saturated rings. The van der Waals surface area contributed by atoms with Crippen molar-refractivity contribution in [3.63, 3.8) is 0 Å². The summed E-state index contributed by atoms with van der Waals surface area (Å²) in [6.07, 6.45) is 14.6. The van der Waals surface area contributed by atoms with E-state index < -0.39 is 0 Å². The summed E-state index contributed by atoms with van der Waals surface area (Å²) < 4.78 is 13.4. The second-order valence-electron chi connectivity index (χ2n) is 7.34. The summed E-state index contributed by atoms with van der Waals surface area (Å²) in [5.41, 5.74) is 2.44. The zero-order valence-electron chi connectivity index (χ0n) is 13.9. The van der Waals surface area contributed by atoms with Crippen LogP contribution in [0.5, 0.6) is 0 Å². The van der Waals surface area contributed by atoms with E-state index >= 15 is 0 Å². The Morgan fingerprint density at radius 2 is 1.86 bits per heavy atom. The molecule has 0 bridgehead atoms. The highest BCUT2D eigenvalue weighted by molar-refractivity contribution is 5.66. The highest BCUT2D eigenvalue weighted by Gasteiger charge is 2.28. The minimum Gasteiger partial charge on any atom is -0.207 e. The normalized spacial score (nSPS) is 29.2. The molecule has 1 atom stereocenters. The third-order valence-corrected chi connectivity index (χ3v) is 5.90. The lowest BCUT2D eigenvalue weighted by Crippen LogP contribution is -2.23. The second kappa shape index (κ2) is 7.44. The fourth-order valence-electron chi connectivity index (χ4n) is 4.59. The number of hydrogen-bond donors (Lipinski definition) is 0. The standard InChI is InChI=1S/C21H29F/c1-2-4-16-7-9-17(10-8-16)18-11-13-19(14-12-18)20-5-3-6-21(22)15-20/h3,5-6,13,15-18H,2,4,7-12,14H2,1H3/t16-,17-,18?. The first-order chi connectivity index (χ1) is 10.8.